The second kappa shape index (κ2) is 5.34. The Morgan fingerprint density at radius 3 is 3.06 bits per heavy atom. The van der Waals surface area contributed by atoms with Crippen molar-refractivity contribution in [2.45, 2.75) is 11.4 Å². The highest BCUT2D eigenvalue weighted by Crippen LogP contribution is 2.39. The lowest BCUT2D eigenvalue weighted by Gasteiger charge is -2.47. The van der Waals surface area contributed by atoms with E-state index in [9.17, 15) is 9.59 Å². The molecule has 7 heteroatoms. The van der Waals surface area contributed by atoms with Crippen molar-refractivity contribution in [3.05, 3.63) is 23.4 Å². The second-order valence-electron chi connectivity index (χ2n) is 3.86. The molecular formula is C11H13ClN2O3S. The van der Waals surface area contributed by atoms with E-state index in [0.717, 1.165) is 5.57 Å². The minimum absolute atomic E-state index is 0.167. The van der Waals surface area contributed by atoms with Gasteiger partial charge in [0.05, 0.1) is 7.11 Å². The molecule has 18 heavy (non-hydrogen) atoms. The van der Waals surface area contributed by atoms with Gasteiger partial charge < -0.3 is 10.5 Å². The molecule has 1 saturated heterocycles. The second-order valence-corrected chi connectivity index (χ2v) is 5.27. The van der Waals surface area contributed by atoms with Gasteiger partial charge in [-0.1, -0.05) is 12.2 Å². The van der Waals surface area contributed by atoms with Gasteiger partial charge in [-0.25, -0.2) is 4.79 Å². The van der Waals surface area contributed by atoms with Crippen LogP contribution in [0.1, 0.15) is 0 Å². The topological polar surface area (TPSA) is 72.6 Å². The van der Waals surface area contributed by atoms with Crippen LogP contribution in [0.5, 0.6) is 0 Å². The molecule has 1 fully saturated rings. The van der Waals surface area contributed by atoms with Crippen LogP contribution in [-0.2, 0) is 14.3 Å². The zero-order chi connectivity index (χ0) is 13.3. The highest BCUT2D eigenvalue weighted by Gasteiger charge is 2.51. The van der Waals surface area contributed by atoms with E-state index in [0.29, 0.717) is 11.6 Å². The van der Waals surface area contributed by atoms with Crippen LogP contribution in [0.2, 0.25) is 0 Å². The smallest absolute Gasteiger partial charge is 0.355 e. The number of carbonyl (C=O) groups excluding carboxylic acids is 2. The molecule has 0 bridgehead atoms. The van der Waals surface area contributed by atoms with Crippen molar-refractivity contribution in [2.75, 3.05) is 18.7 Å². The summed E-state index contributed by atoms with van der Waals surface area (Å²) in [6, 6.07) is -0.534. The van der Waals surface area contributed by atoms with Crippen molar-refractivity contribution < 1.29 is 14.3 Å². The zero-order valence-corrected chi connectivity index (χ0v) is 11.3. The van der Waals surface area contributed by atoms with Crippen molar-refractivity contribution >= 4 is 35.2 Å². The lowest BCUT2D eigenvalue weighted by atomic mass is 10.0. The molecule has 2 heterocycles. The average molecular weight is 289 g/mol. The van der Waals surface area contributed by atoms with Crippen LogP contribution in [0, 0.1) is 0 Å². The van der Waals surface area contributed by atoms with Crippen molar-refractivity contribution in [3.8, 4) is 0 Å². The number of hydrogen-bond donors (Lipinski definition) is 1. The van der Waals surface area contributed by atoms with Crippen molar-refractivity contribution in [3.63, 3.8) is 0 Å². The molecule has 2 N–H and O–H groups in total. The number of alkyl halides is 1. The number of nitrogens with zero attached hydrogens (tertiary/aromatic N) is 1. The molecule has 2 atom stereocenters. The summed E-state index contributed by atoms with van der Waals surface area (Å²) in [6.07, 6.45) is 3.48. The van der Waals surface area contributed by atoms with Gasteiger partial charge in [-0.3, -0.25) is 9.69 Å². The molecule has 0 aromatic carbocycles. The first-order chi connectivity index (χ1) is 8.61. The Labute approximate surface area is 114 Å². The number of thioether (sulfide) groups is 1. The zero-order valence-electron chi connectivity index (χ0n) is 9.76. The first-order valence-corrected chi connectivity index (χ1v) is 6.94. The molecule has 1 amide bonds. The molecule has 0 aliphatic carbocycles. The first-order valence-electron chi connectivity index (χ1n) is 5.36. The number of halogens is 1. The molecule has 2 aliphatic rings. The molecule has 0 aromatic rings. The SMILES string of the molecule is COC(=O)C1=C(/C=C/CCl)CSC2C(N)C(=O)N12. The third-order valence-corrected chi connectivity index (χ3v) is 4.33. The lowest BCUT2D eigenvalue weighted by molar-refractivity contribution is -0.149. The molecule has 2 rings (SSSR count). The molecule has 2 unspecified atom stereocenters. The normalized spacial score (nSPS) is 27.3. The average Bonchev–Trinajstić information content (AvgIpc) is 2.42. The van der Waals surface area contributed by atoms with Crippen LogP contribution in [-0.4, -0.2) is 46.9 Å². The lowest BCUT2D eigenvalue weighted by Crippen LogP contribution is -2.68. The van der Waals surface area contributed by atoms with Crippen LogP contribution in [0.25, 0.3) is 0 Å². The van der Waals surface area contributed by atoms with Gasteiger partial charge in [0, 0.05) is 11.6 Å². The summed E-state index contributed by atoms with van der Waals surface area (Å²) in [7, 11) is 1.29. The summed E-state index contributed by atoms with van der Waals surface area (Å²) in [5, 5.41) is -0.167. The monoisotopic (exact) mass is 288 g/mol. The quantitative estimate of drug-likeness (QED) is 0.464. The van der Waals surface area contributed by atoms with Gasteiger partial charge in [-0.2, -0.15) is 0 Å². The number of allylic oxidation sites excluding steroid dienone is 2. The maximum Gasteiger partial charge on any atom is 0.355 e. The summed E-state index contributed by atoms with van der Waals surface area (Å²) in [5.74, 6) is 0.193. The molecule has 0 saturated carbocycles. The Morgan fingerprint density at radius 1 is 1.72 bits per heavy atom. The Balaban J connectivity index is 2.37. The number of fused-ring (bicyclic) bond motifs is 1. The van der Waals surface area contributed by atoms with E-state index in [-0.39, 0.29) is 17.0 Å². The van der Waals surface area contributed by atoms with Gasteiger partial charge in [0.15, 0.2) is 0 Å². The van der Waals surface area contributed by atoms with Gasteiger partial charge in [0.1, 0.15) is 17.1 Å². The van der Waals surface area contributed by atoms with Crippen molar-refractivity contribution in [1.82, 2.24) is 4.90 Å². The fourth-order valence-electron chi connectivity index (χ4n) is 1.94. The summed E-state index contributed by atoms with van der Waals surface area (Å²) >= 11 is 7.11. The van der Waals surface area contributed by atoms with Gasteiger partial charge in [0.25, 0.3) is 0 Å². The van der Waals surface area contributed by atoms with Crippen molar-refractivity contribution in [2.24, 2.45) is 5.73 Å². The molecular weight excluding hydrogens is 276 g/mol. The third-order valence-electron chi connectivity index (χ3n) is 2.83. The predicted octanol–water partition coefficient (Wildman–Crippen LogP) is 0.451. The number of ether oxygens (including phenoxy) is 1. The van der Waals surface area contributed by atoms with E-state index in [1.165, 1.54) is 23.8 Å². The fraction of sp³-hybridized carbons (Fsp3) is 0.455. The summed E-state index contributed by atoms with van der Waals surface area (Å²) < 4.78 is 4.73. The minimum atomic E-state index is -0.534. The first kappa shape index (κ1) is 13.5. The van der Waals surface area contributed by atoms with Gasteiger partial charge in [-0.05, 0) is 5.57 Å². The number of nitrogens with two attached hydrogens (primary N) is 1. The molecule has 5 nitrogen and oxygen atoms in total. The van der Waals surface area contributed by atoms with E-state index >= 15 is 0 Å². The Bertz CT molecular complexity index is 450. The highest BCUT2D eigenvalue weighted by molar-refractivity contribution is 8.00. The number of methoxy groups -OCH3 is 1. The van der Waals surface area contributed by atoms with E-state index < -0.39 is 12.0 Å². The number of hydrogen-bond acceptors (Lipinski definition) is 5. The third kappa shape index (κ3) is 2.04. The predicted molar refractivity (Wildman–Crippen MR) is 70.0 cm³/mol. The van der Waals surface area contributed by atoms with Crippen LogP contribution in [0.3, 0.4) is 0 Å². The van der Waals surface area contributed by atoms with Gasteiger partial charge in [0.2, 0.25) is 5.91 Å². The maximum atomic E-state index is 11.8. The van der Waals surface area contributed by atoms with Crippen molar-refractivity contribution in [1.29, 1.82) is 0 Å². The minimum Gasteiger partial charge on any atom is -0.464 e. The van der Waals surface area contributed by atoms with Crippen LogP contribution in [0.15, 0.2) is 23.4 Å². The number of carbonyl (C=O) groups is 2. The van der Waals surface area contributed by atoms with Crippen LogP contribution in [0.4, 0.5) is 0 Å². The van der Waals surface area contributed by atoms with E-state index in [1.54, 1.807) is 12.2 Å². The Kier molecular flexibility index (Phi) is 3.99. The fourth-order valence-corrected chi connectivity index (χ4v) is 3.29. The maximum absolute atomic E-state index is 11.8. The van der Waals surface area contributed by atoms with Crippen LogP contribution >= 0.6 is 23.4 Å². The number of β-lactam (4-membered cyclic amide) rings is 1. The summed E-state index contributed by atoms with van der Waals surface area (Å²) in [4.78, 5) is 24.9. The molecule has 0 radical (unpaired) electrons. The molecule has 2 aliphatic heterocycles. The van der Waals surface area contributed by atoms with Crippen LogP contribution < -0.4 is 5.73 Å². The van der Waals surface area contributed by atoms with Gasteiger partial charge in [-0.15, -0.1) is 23.4 Å². The molecule has 0 spiro atoms. The standard InChI is InChI=1S/C11H13ClN2O3S/c1-17-11(16)8-6(3-2-4-12)5-18-10-7(13)9(15)14(8)10/h2-3,7,10H,4-5,13H2,1H3/b3-2+. The number of amides is 1. The molecule has 98 valence electrons. The Hall–Kier alpha value is -0.980. The number of rotatable bonds is 3. The Morgan fingerprint density at radius 2 is 2.44 bits per heavy atom. The van der Waals surface area contributed by atoms with E-state index in [4.69, 9.17) is 22.1 Å². The highest BCUT2D eigenvalue weighted by atomic mass is 35.5. The van der Waals surface area contributed by atoms with E-state index in [1.807, 2.05) is 0 Å². The van der Waals surface area contributed by atoms with Gasteiger partial charge >= 0.3 is 5.97 Å². The number of esters is 1. The van der Waals surface area contributed by atoms with E-state index in [2.05, 4.69) is 0 Å². The summed E-state index contributed by atoms with van der Waals surface area (Å²) in [6.45, 7) is 0. The largest absolute Gasteiger partial charge is 0.464 e. The molecule has 0 aromatic heterocycles. The summed E-state index contributed by atoms with van der Waals surface area (Å²) in [5.41, 5.74) is 6.73.